The van der Waals surface area contributed by atoms with Crippen molar-refractivity contribution in [3.63, 3.8) is 0 Å². The van der Waals surface area contributed by atoms with E-state index in [9.17, 15) is 4.79 Å². The van der Waals surface area contributed by atoms with E-state index < -0.39 is 0 Å². The molecule has 0 saturated carbocycles. The van der Waals surface area contributed by atoms with E-state index in [2.05, 4.69) is 55.1 Å². The number of ether oxygens (including phenoxy) is 2. The molecule has 2 N–H and O–H groups in total. The first kappa shape index (κ1) is 22.6. The van der Waals surface area contributed by atoms with Gasteiger partial charge in [-0.05, 0) is 67.4 Å². The van der Waals surface area contributed by atoms with Crippen LogP contribution in [0.25, 0.3) is 17.2 Å². The zero-order valence-corrected chi connectivity index (χ0v) is 19.9. The van der Waals surface area contributed by atoms with E-state index in [-0.39, 0.29) is 12.3 Å². The Bertz CT molecular complexity index is 1320. The predicted octanol–water partition coefficient (Wildman–Crippen LogP) is 3.89. The Morgan fingerprint density at radius 1 is 1.11 bits per heavy atom. The number of fused-ring (bicyclic) bond motifs is 1. The molecule has 1 aliphatic rings. The molecule has 1 atom stereocenters. The number of benzene rings is 2. The van der Waals surface area contributed by atoms with Crippen LogP contribution in [0.1, 0.15) is 35.3 Å². The predicted molar refractivity (Wildman–Crippen MR) is 131 cm³/mol. The fourth-order valence-corrected chi connectivity index (χ4v) is 4.33. The number of anilines is 2. The summed E-state index contributed by atoms with van der Waals surface area (Å²) >= 11 is 0. The van der Waals surface area contributed by atoms with Crippen LogP contribution in [0, 0.1) is 6.92 Å². The smallest absolute Gasteiger partial charge is 0.340 e. The number of aromatic amines is 1. The van der Waals surface area contributed by atoms with Crippen molar-refractivity contribution in [1.82, 2.24) is 25.2 Å². The SMILES string of the molecule is CCOC(=O)c1cccc2c1N(Cc1ccc(-n3cc(C)cc3-c3nn[nH]n3)cc1)C(OCC)N2. The summed E-state index contributed by atoms with van der Waals surface area (Å²) in [5.74, 6) is 0.189. The van der Waals surface area contributed by atoms with Crippen molar-refractivity contribution in [3.8, 4) is 17.2 Å². The van der Waals surface area contributed by atoms with Gasteiger partial charge in [0.25, 0.3) is 0 Å². The van der Waals surface area contributed by atoms with Crippen LogP contribution in [0.15, 0.2) is 54.7 Å². The maximum Gasteiger partial charge on any atom is 0.340 e. The van der Waals surface area contributed by atoms with Gasteiger partial charge in [-0.15, -0.1) is 10.2 Å². The van der Waals surface area contributed by atoms with Crippen LogP contribution in [0.2, 0.25) is 0 Å². The van der Waals surface area contributed by atoms with Gasteiger partial charge >= 0.3 is 5.97 Å². The van der Waals surface area contributed by atoms with Gasteiger partial charge in [0.05, 0.1) is 29.2 Å². The van der Waals surface area contributed by atoms with Gasteiger partial charge in [0.15, 0.2) is 0 Å². The number of nitrogens with zero attached hydrogens (tertiary/aromatic N) is 5. The second kappa shape index (κ2) is 9.59. The molecule has 2 aromatic heterocycles. The Labute approximate surface area is 202 Å². The highest BCUT2D eigenvalue weighted by atomic mass is 16.5. The Hall–Kier alpha value is -4.18. The molecular formula is C25H27N7O3. The van der Waals surface area contributed by atoms with Crippen LogP contribution in [0.5, 0.6) is 0 Å². The fraction of sp³-hybridized carbons (Fsp3) is 0.280. The average Bonchev–Trinajstić information content (AvgIpc) is 3.59. The van der Waals surface area contributed by atoms with E-state index in [1.165, 1.54) is 0 Å². The molecule has 35 heavy (non-hydrogen) atoms. The van der Waals surface area contributed by atoms with Crippen LogP contribution in [0.3, 0.4) is 0 Å². The largest absolute Gasteiger partial charge is 0.462 e. The summed E-state index contributed by atoms with van der Waals surface area (Å²) in [6.45, 7) is 7.17. The van der Waals surface area contributed by atoms with Gasteiger partial charge in [-0.3, -0.25) is 0 Å². The Kier molecular flexibility index (Phi) is 6.19. The average molecular weight is 474 g/mol. The molecule has 1 aliphatic heterocycles. The van der Waals surface area contributed by atoms with Gasteiger partial charge in [-0.2, -0.15) is 5.21 Å². The molecule has 1 unspecified atom stereocenters. The molecule has 5 rings (SSSR count). The molecule has 0 bridgehead atoms. The number of aromatic nitrogens is 5. The number of rotatable bonds is 8. The number of nitrogens with one attached hydrogen (secondary N) is 2. The number of carbonyl (C=O) groups excluding carboxylic acids is 1. The number of esters is 1. The van der Waals surface area contributed by atoms with Gasteiger partial charge in [0.2, 0.25) is 12.2 Å². The van der Waals surface area contributed by atoms with Crippen molar-refractivity contribution >= 4 is 17.3 Å². The molecule has 4 aromatic rings. The van der Waals surface area contributed by atoms with Gasteiger partial charge in [0, 0.05) is 25.0 Å². The van der Waals surface area contributed by atoms with Gasteiger partial charge in [0.1, 0.15) is 0 Å². The number of hydrogen-bond acceptors (Lipinski definition) is 8. The highest BCUT2D eigenvalue weighted by Crippen LogP contribution is 2.39. The minimum Gasteiger partial charge on any atom is -0.462 e. The molecule has 0 radical (unpaired) electrons. The summed E-state index contributed by atoms with van der Waals surface area (Å²) in [5.41, 5.74) is 6.15. The van der Waals surface area contributed by atoms with Gasteiger partial charge in [-0.1, -0.05) is 18.2 Å². The third-order valence-electron chi connectivity index (χ3n) is 5.80. The van der Waals surface area contributed by atoms with Crippen LogP contribution in [-0.4, -0.2) is 50.7 Å². The van der Waals surface area contributed by atoms with Gasteiger partial charge < -0.3 is 24.3 Å². The normalized spacial score (nSPS) is 14.6. The molecule has 10 heteroatoms. The van der Waals surface area contributed by atoms with E-state index in [0.717, 1.165) is 33.9 Å². The monoisotopic (exact) mass is 473 g/mol. The van der Waals surface area contributed by atoms with E-state index in [0.29, 0.717) is 31.1 Å². The van der Waals surface area contributed by atoms with Crippen LogP contribution >= 0.6 is 0 Å². The summed E-state index contributed by atoms with van der Waals surface area (Å²) in [6.07, 6.45) is 1.65. The fourth-order valence-electron chi connectivity index (χ4n) is 4.33. The highest BCUT2D eigenvalue weighted by molar-refractivity contribution is 6.00. The molecule has 0 saturated heterocycles. The third-order valence-corrected chi connectivity index (χ3v) is 5.80. The minimum absolute atomic E-state index is 0.316. The summed E-state index contributed by atoms with van der Waals surface area (Å²) in [5, 5.41) is 17.8. The first-order valence-corrected chi connectivity index (χ1v) is 11.6. The summed E-state index contributed by atoms with van der Waals surface area (Å²) < 4.78 is 13.3. The lowest BCUT2D eigenvalue weighted by molar-refractivity contribution is 0.0525. The van der Waals surface area contributed by atoms with E-state index in [1.54, 1.807) is 13.0 Å². The third kappa shape index (κ3) is 4.35. The molecule has 0 amide bonds. The zero-order chi connectivity index (χ0) is 24.4. The quantitative estimate of drug-likeness (QED) is 0.371. The Balaban J connectivity index is 1.45. The van der Waals surface area contributed by atoms with Crippen molar-refractivity contribution in [1.29, 1.82) is 0 Å². The first-order chi connectivity index (χ1) is 17.1. The number of hydrogen-bond donors (Lipinski definition) is 2. The maximum absolute atomic E-state index is 12.7. The summed E-state index contributed by atoms with van der Waals surface area (Å²) in [4.78, 5) is 14.7. The lowest BCUT2D eigenvalue weighted by Gasteiger charge is -2.27. The Morgan fingerprint density at radius 2 is 1.94 bits per heavy atom. The molecule has 2 aromatic carbocycles. The van der Waals surface area contributed by atoms with E-state index in [1.807, 2.05) is 42.8 Å². The van der Waals surface area contributed by atoms with Crippen LogP contribution in [0.4, 0.5) is 11.4 Å². The first-order valence-electron chi connectivity index (χ1n) is 11.6. The second-order valence-corrected chi connectivity index (χ2v) is 8.18. The van der Waals surface area contributed by atoms with Crippen molar-refractivity contribution in [2.24, 2.45) is 0 Å². The number of carbonyl (C=O) groups is 1. The number of para-hydroxylation sites is 1. The summed E-state index contributed by atoms with van der Waals surface area (Å²) in [6, 6.07) is 15.8. The lowest BCUT2D eigenvalue weighted by Crippen LogP contribution is -2.38. The maximum atomic E-state index is 12.7. The topological polar surface area (TPSA) is 110 Å². The van der Waals surface area contributed by atoms with Crippen molar-refractivity contribution < 1.29 is 14.3 Å². The van der Waals surface area contributed by atoms with E-state index in [4.69, 9.17) is 9.47 Å². The van der Waals surface area contributed by atoms with Crippen molar-refractivity contribution in [3.05, 3.63) is 71.4 Å². The van der Waals surface area contributed by atoms with Crippen LogP contribution in [-0.2, 0) is 16.0 Å². The number of aryl methyl sites for hydroxylation is 1. The van der Waals surface area contributed by atoms with Gasteiger partial charge in [-0.25, -0.2) is 4.79 Å². The van der Waals surface area contributed by atoms with Crippen LogP contribution < -0.4 is 10.2 Å². The molecule has 3 heterocycles. The standard InChI is InChI=1S/C25H27N7O3/c1-4-34-24(33)19-7-6-8-20-22(19)32(25(26-20)35-5-2)15-17-9-11-18(12-10-17)31-14-16(3)13-21(31)23-27-29-30-28-23/h6-14,25-26H,4-5,15H2,1-3H3,(H,27,28,29,30). The molecule has 0 fully saturated rings. The Morgan fingerprint density at radius 3 is 2.66 bits per heavy atom. The molecule has 180 valence electrons. The van der Waals surface area contributed by atoms with E-state index >= 15 is 0 Å². The highest BCUT2D eigenvalue weighted by Gasteiger charge is 2.33. The molecular weight excluding hydrogens is 446 g/mol. The molecule has 10 nitrogen and oxygen atoms in total. The van der Waals surface area contributed by atoms with Crippen molar-refractivity contribution in [2.75, 3.05) is 23.4 Å². The zero-order valence-electron chi connectivity index (χ0n) is 19.9. The minimum atomic E-state index is -0.387. The second-order valence-electron chi connectivity index (χ2n) is 8.18. The molecule has 0 aliphatic carbocycles. The molecule has 0 spiro atoms. The lowest BCUT2D eigenvalue weighted by atomic mass is 10.1. The number of tetrazole rings is 1. The summed E-state index contributed by atoms with van der Waals surface area (Å²) in [7, 11) is 0. The van der Waals surface area contributed by atoms with Crippen molar-refractivity contribution in [2.45, 2.75) is 33.7 Å². The number of H-pyrrole nitrogens is 1.